The molecule has 0 fully saturated rings. The molecule has 6 nitrogen and oxygen atoms in total. The van der Waals surface area contributed by atoms with Crippen molar-refractivity contribution in [2.45, 2.75) is 13.8 Å². The number of hydrogen-bond acceptors (Lipinski definition) is 6. The maximum absolute atomic E-state index is 12.0. The highest BCUT2D eigenvalue weighted by Gasteiger charge is 2.16. The van der Waals surface area contributed by atoms with Gasteiger partial charge in [0.2, 0.25) is 11.2 Å². The lowest BCUT2D eigenvalue weighted by Crippen LogP contribution is -2.07. The summed E-state index contributed by atoms with van der Waals surface area (Å²) < 4.78 is 10.8. The molecule has 0 aliphatic rings. The van der Waals surface area contributed by atoms with E-state index >= 15 is 0 Å². The Balaban J connectivity index is 2.35. The number of anilines is 1. The molecule has 116 valence electrons. The van der Waals surface area contributed by atoms with Crippen molar-refractivity contribution in [3.8, 4) is 11.6 Å². The molecule has 2 aromatic rings. The molecule has 22 heavy (non-hydrogen) atoms. The summed E-state index contributed by atoms with van der Waals surface area (Å²) in [6.45, 7) is 4.63. The van der Waals surface area contributed by atoms with Crippen molar-refractivity contribution in [2.24, 2.45) is 0 Å². The first-order valence-electron chi connectivity index (χ1n) is 6.86. The summed E-state index contributed by atoms with van der Waals surface area (Å²) in [6.07, 6.45) is 1.53. The first-order chi connectivity index (χ1) is 10.7. The van der Waals surface area contributed by atoms with Crippen LogP contribution in [-0.4, -0.2) is 29.1 Å². The van der Waals surface area contributed by atoms with Crippen molar-refractivity contribution < 1.29 is 14.3 Å². The number of carbonyl (C=O) groups excluding carboxylic acids is 1. The van der Waals surface area contributed by atoms with Crippen LogP contribution in [0.4, 0.5) is 5.69 Å². The second-order valence-electron chi connectivity index (χ2n) is 4.21. The number of carbonyl (C=O) groups is 1. The second-order valence-corrected chi connectivity index (χ2v) is 4.54. The van der Waals surface area contributed by atoms with Crippen LogP contribution < -0.4 is 10.1 Å². The molecule has 7 heteroatoms. The van der Waals surface area contributed by atoms with Crippen LogP contribution in [0.25, 0.3) is 0 Å². The molecular weight excluding hydrogens is 306 g/mol. The quantitative estimate of drug-likeness (QED) is 0.648. The SMILES string of the molecule is CCNc1cnc(Cl)nc1Oc1ccccc1C(=O)OCC. The van der Waals surface area contributed by atoms with Gasteiger partial charge in [-0.2, -0.15) is 4.98 Å². The number of ether oxygens (including phenoxy) is 2. The summed E-state index contributed by atoms with van der Waals surface area (Å²) in [4.78, 5) is 19.9. The number of benzene rings is 1. The molecule has 0 bridgehead atoms. The Bertz CT molecular complexity index is 664. The molecule has 2 rings (SSSR count). The van der Waals surface area contributed by atoms with Crippen molar-refractivity contribution in [3.05, 3.63) is 41.3 Å². The van der Waals surface area contributed by atoms with Crippen LogP contribution in [0.3, 0.4) is 0 Å². The lowest BCUT2D eigenvalue weighted by molar-refractivity contribution is 0.0523. The van der Waals surface area contributed by atoms with Crippen molar-refractivity contribution in [3.63, 3.8) is 0 Å². The standard InChI is InChI=1S/C15H16ClN3O3/c1-3-17-11-9-18-15(16)19-13(11)22-12-8-6-5-7-10(12)14(20)21-4-2/h5-9,17H,3-4H2,1-2H3. The Kier molecular flexibility index (Phi) is 5.55. The zero-order valence-corrected chi connectivity index (χ0v) is 13.1. The first-order valence-corrected chi connectivity index (χ1v) is 7.23. The van der Waals surface area contributed by atoms with Crippen LogP contribution >= 0.6 is 11.6 Å². The highest BCUT2D eigenvalue weighted by Crippen LogP contribution is 2.30. The van der Waals surface area contributed by atoms with Gasteiger partial charge in [-0.15, -0.1) is 0 Å². The van der Waals surface area contributed by atoms with Crippen LogP contribution in [0.2, 0.25) is 5.28 Å². The van der Waals surface area contributed by atoms with Crippen LogP contribution in [0.1, 0.15) is 24.2 Å². The van der Waals surface area contributed by atoms with Crippen LogP contribution in [-0.2, 0) is 4.74 Å². The van der Waals surface area contributed by atoms with Gasteiger partial charge >= 0.3 is 5.97 Å². The van der Waals surface area contributed by atoms with Gasteiger partial charge in [0, 0.05) is 6.54 Å². The molecular formula is C15H16ClN3O3. The van der Waals surface area contributed by atoms with E-state index in [2.05, 4.69) is 15.3 Å². The summed E-state index contributed by atoms with van der Waals surface area (Å²) >= 11 is 5.81. The van der Waals surface area contributed by atoms with Crippen molar-refractivity contribution >= 4 is 23.3 Å². The molecule has 0 atom stereocenters. The molecule has 0 spiro atoms. The Morgan fingerprint density at radius 1 is 1.32 bits per heavy atom. The fourth-order valence-corrected chi connectivity index (χ4v) is 1.90. The number of halogens is 1. The highest BCUT2D eigenvalue weighted by atomic mass is 35.5. The molecule has 1 aromatic carbocycles. The molecule has 1 heterocycles. The van der Waals surface area contributed by atoms with Gasteiger partial charge in [-0.25, -0.2) is 9.78 Å². The summed E-state index contributed by atoms with van der Waals surface area (Å²) in [6, 6.07) is 6.78. The van der Waals surface area contributed by atoms with Crippen molar-refractivity contribution in [1.82, 2.24) is 9.97 Å². The lowest BCUT2D eigenvalue weighted by Gasteiger charge is -2.13. The molecule has 0 saturated heterocycles. The third kappa shape index (κ3) is 3.85. The molecule has 0 unspecified atom stereocenters. The lowest BCUT2D eigenvalue weighted by atomic mass is 10.2. The number of aromatic nitrogens is 2. The van der Waals surface area contributed by atoms with E-state index in [1.165, 1.54) is 6.20 Å². The normalized spacial score (nSPS) is 10.1. The van der Waals surface area contributed by atoms with Crippen molar-refractivity contribution in [1.29, 1.82) is 0 Å². The molecule has 1 N–H and O–H groups in total. The largest absolute Gasteiger partial charge is 0.462 e. The maximum atomic E-state index is 12.0. The van der Waals surface area contributed by atoms with E-state index in [0.29, 0.717) is 23.5 Å². The fraction of sp³-hybridized carbons (Fsp3) is 0.267. The number of esters is 1. The minimum Gasteiger partial charge on any atom is -0.462 e. The van der Waals surface area contributed by atoms with Crippen LogP contribution in [0, 0.1) is 0 Å². The monoisotopic (exact) mass is 321 g/mol. The van der Waals surface area contributed by atoms with Gasteiger partial charge in [0.15, 0.2) is 0 Å². The number of nitrogens with one attached hydrogen (secondary N) is 1. The third-order valence-corrected chi connectivity index (χ3v) is 2.86. The van der Waals surface area contributed by atoms with E-state index in [9.17, 15) is 4.79 Å². The maximum Gasteiger partial charge on any atom is 0.341 e. The Morgan fingerprint density at radius 2 is 2.09 bits per heavy atom. The number of nitrogens with zero attached hydrogens (tertiary/aromatic N) is 2. The summed E-state index contributed by atoms with van der Waals surface area (Å²) in [5.41, 5.74) is 0.909. The number of hydrogen-bond donors (Lipinski definition) is 1. The van der Waals surface area contributed by atoms with Crippen LogP contribution in [0.15, 0.2) is 30.5 Å². The smallest absolute Gasteiger partial charge is 0.341 e. The van der Waals surface area contributed by atoms with E-state index in [4.69, 9.17) is 21.1 Å². The number of para-hydroxylation sites is 1. The third-order valence-electron chi connectivity index (χ3n) is 2.68. The van der Waals surface area contributed by atoms with Gasteiger partial charge in [0.05, 0.1) is 12.8 Å². The number of rotatable bonds is 6. The predicted octanol–water partition coefficient (Wildman–Crippen LogP) is 3.53. The predicted molar refractivity (Wildman–Crippen MR) is 83.7 cm³/mol. The van der Waals surface area contributed by atoms with Gasteiger partial charge in [0.1, 0.15) is 17.0 Å². The minimum atomic E-state index is -0.455. The van der Waals surface area contributed by atoms with Gasteiger partial charge < -0.3 is 14.8 Å². The van der Waals surface area contributed by atoms with Gasteiger partial charge in [-0.1, -0.05) is 12.1 Å². The fourth-order valence-electron chi connectivity index (χ4n) is 1.77. The molecule has 0 amide bonds. The Hall–Kier alpha value is -2.34. The van der Waals surface area contributed by atoms with Gasteiger partial charge in [-0.3, -0.25) is 0 Å². The average molecular weight is 322 g/mol. The summed E-state index contributed by atoms with van der Waals surface area (Å²) in [5, 5.41) is 3.13. The zero-order chi connectivity index (χ0) is 15.9. The zero-order valence-electron chi connectivity index (χ0n) is 12.3. The minimum absolute atomic E-state index is 0.0604. The topological polar surface area (TPSA) is 73.3 Å². The molecule has 0 saturated carbocycles. The van der Waals surface area contributed by atoms with E-state index < -0.39 is 5.97 Å². The Morgan fingerprint density at radius 3 is 2.82 bits per heavy atom. The Labute approximate surface area is 133 Å². The molecule has 0 aliphatic heterocycles. The summed E-state index contributed by atoms with van der Waals surface area (Å²) in [5.74, 6) is 0.136. The van der Waals surface area contributed by atoms with E-state index in [-0.39, 0.29) is 17.8 Å². The second kappa shape index (κ2) is 7.61. The molecule has 0 radical (unpaired) electrons. The average Bonchev–Trinajstić information content (AvgIpc) is 2.51. The van der Waals surface area contributed by atoms with Gasteiger partial charge in [0.25, 0.3) is 0 Å². The van der Waals surface area contributed by atoms with E-state index in [1.807, 2.05) is 6.92 Å². The van der Waals surface area contributed by atoms with E-state index in [1.54, 1.807) is 31.2 Å². The van der Waals surface area contributed by atoms with Crippen LogP contribution in [0.5, 0.6) is 11.6 Å². The summed E-state index contributed by atoms with van der Waals surface area (Å²) in [7, 11) is 0. The first kappa shape index (κ1) is 16.0. The van der Waals surface area contributed by atoms with Gasteiger partial charge in [-0.05, 0) is 37.6 Å². The molecule has 1 aromatic heterocycles. The van der Waals surface area contributed by atoms with E-state index in [0.717, 1.165) is 0 Å². The highest BCUT2D eigenvalue weighted by molar-refractivity contribution is 6.28. The molecule has 0 aliphatic carbocycles. The van der Waals surface area contributed by atoms with Crippen molar-refractivity contribution in [2.75, 3.05) is 18.5 Å².